The van der Waals surface area contributed by atoms with Crippen molar-refractivity contribution in [2.75, 3.05) is 19.7 Å². The van der Waals surface area contributed by atoms with E-state index in [-0.39, 0.29) is 18.6 Å². The molecule has 0 aromatic carbocycles. The molecule has 4 heteroatoms. The van der Waals surface area contributed by atoms with Gasteiger partial charge in [-0.25, -0.2) is 0 Å². The van der Waals surface area contributed by atoms with Gasteiger partial charge in [-0.05, 0) is 39.5 Å². The molecule has 4 nitrogen and oxygen atoms in total. The molecule has 1 saturated heterocycles. The molecule has 0 aromatic heterocycles. The molecule has 104 valence electrons. The lowest BCUT2D eigenvalue weighted by Gasteiger charge is -2.40. The molecule has 2 unspecified atom stereocenters. The summed E-state index contributed by atoms with van der Waals surface area (Å²) in [4.78, 5) is 16.5. The lowest BCUT2D eigenvalue weighted by atomic mass is 9.97. The van der Waals surface area contributed by atoms with Crippen LogP contribution in [0.25, 0.3) is 0 Å². The van der Waals surface area contributed by atoms with Gasteiger partial charge in [0.1, 0.15) is 0 Å². The Labute approximate surface area is 110 Å². The van der Waals surface area contributed by atoms with Crippen LogP contribution in [0.4, 0.5) is 0 Å². The minimum absolute atomic E-state index is 0.174. The summed E-state index contributed by atoms with van der Waals surface area (Å²) in [6.45, 7) is 5.70. The number of carbonyl (C=O) groups excluding carboxylic acids is 1. The molecular weight excluding hydrogens is 228 g/mol. The van der Waals surface area contributed by atoms with Crippen molar-refractivity contribution in [1.29, 1.82) is 0 Å². The van der Waals surface area contributed by atoms with E-state index < -0.39 is 0 Å². The summed E-state index contributed by atoms with van der Waals surface area (Å²) >= 11 is 0. The van der Waals surface area contributed by atoms with Gasteiger partial charge in [-0.15, -0.1) is 0 Å². The molecule has 2 rings (SSSR count). The van der Waals surface area contributed by atoms with Crippen LogP contribution in [-0.4, -0.2) is 58.6 Å². The molecule has 1 aliphatic heterocycles. The number of nitrogens with zero attached hydrogens (tertiary/aromatic N) is 2. The fourth-order valence-corrected chi connectivity index (χ4v) is 3.09. The first-order chi connectivity index (χ1) is 8.67. The zero-order valence-corrected chi connectivity index (χ0v) is 11.6. The fraction of sp³-hybridized carbons (Fsp3) is 0.929. The quantitative estimate of drug-likeness (QED) is 0.802. The number of likely N-dealkylation sites (tertiary alicyclic amines) is 1. The SMILES string of the molecule is CCN(C(=O)CN1C(C)CCCC1CO)C1CC1. The Hall–Kier alpha value is -0.610. The highest BCUT2D eigenvalue weighted by Crippen LogP contribution is 2.28. The average Bonchev–Trinajstić information content (AvgIpc) is 3.17. The van der Waals surface area contributed by atoms with E-state index in [2.05, 4.69) is 18.7 Å². The highest BCUT2D eigenvalue weighted by atomic mass is 16.3. The zero-order chi connectivity index (χ0) is 13.1. The summed E-state index contributed by atoms with van der Waals surface area (Å²) < 4.78 is 0. The summed E-state index contributed by atoms with van der Waals surface area (Å²) in [5.74, 6) is 0.243. The van der Waals surface area contributed by atoms with Crippen LogP contribution in [0.1, 0.15) is 46.0 Å². The van der Waals surface area contributed by atoms with Gasteiger partial charge in [0.2, 0.25) is 5.91 Å². The number of aliphatic hydroxyl groups is 1. The Bertz CT molecular complexity index is 292. The monoisotopic (exact) mass is 254 g/mol. The Kier molecular flexibility index (Phi) is 4.62. The normalized spacial score (nSPS) is 29.3. The smallest absolute Gasteiger partial charge is 0.237 e. The summed E-state index contributed by atoms with van der Waals surface area (Å²) in [6.07, 6.45) is 5.65. The number of carbonyl (C=O) groups is 1. The molecule has 1 aliphatic carbocycles. The van der Waals surface area contributed by atoms with Gasteiger partial charge >= 0.3 is 0 Å². The van der Waals surface area contributed by atoms with Crippen molar-refractivity contribution in [1.82, 2.24) is 9.80 Å². The van der Waals surface area contributed by atoms with Crippen LogP contribution in [0.15, 0.2) is 0 Å². The first kappa shape index (κ1) is 13.8. The summed E-state index contributed by atoms with van der Waals surface area (Å²) in [5, 5.41) is 9.44. The van der Waals surface area contributed by atoms with Gasteiger partial charge in [0.25, 0.3) is 0 Å². The van der Waals surface area contributed by atoms with Crippen LogP contribution in [0, 0.1) is 0 Å². The number of rotatable bonds is 5. The molecule has 0 aromatic rings. The topological polar surface area (TPSA) is 43.8 Å². The molecule has 0 bridgehead atoms. The van der Waals surface area contributed by atoms with Crippen LogP contribution in [0.5, 0.6) is 0 Å². The van der Waals surface area contributed by atoms with E-state index in [4.69, 9.17) is 0 Å². The maximum Gasteiger partial charge on any atom is 0.237 e. The second-order valence-corrected chi connectivity index (χ2v) is 5.70. The largest absolute Gasteiger partial charge is 0.395 e. The molecule has 0 spiro atoms. The van der Waals surface area contributed by atoms with Gasteiger partial charge in [0.15, 0.2) is 0 Å². The van der Waals surface area contributed by atoms with Crippen LogP contribution in [0.2, 0.25) is 0 Å². The number of hydrogen-bond acceptors (Lipinski definition) is 3. The Balaban J connectivity index is 1.94. The van der Waals surface area contributed by atoms with Crippen molar-refractivity contribution in [3.05, 3.63) is 0 Å². The third-order valence-corrected chi connectivity index (χ3v) is 4.37. The van der Waals surface area contributed by atoms with Gasteiger partial charge in [-0.3, -0.25) is 9.69 Å². The van der Waals surface area contributed by atoms with Gasteiger partial charge in [-0.2, -0.15) is 0 Å². The molecule has 0 radical (unpaired) electrons. The van der Waals surface area contributed by atoms with Gasteiger partial charge < -0.3 is 10.0 Å². The second kappa shape index (κ2) is 6.02. The van der Waals surface area contributed by atoms with Crippen molar-refractivity contribution in [3.63, 3.8) is 0 Å². The van der Waals surface area contributed by atoms with Crippen LogP contribution in [0.3, 0.4) is 0 Å². The van der Waals surface area contributed by atoms with E-state index in [0.717, 1.165) is 25.8 Å². The fourth-order valence-electron chi connectivity index (χ4n) is 3.09. The van der Waals surface area contributed by atoms with E-state index in [9.17, 15) is 9.90 Å². The predicted molar refractivity (Wildman–Crippen MR) is 71.3 cm³/mol. The molecule has 1 amide bonds. The zero-order valence-electron chi connectivity index (χ0n) is 11.6. The Morgan fingerprint density at radius 3 is 2.61 bits per heavy atom. The summed E-state index contributed by atoms with van der Waals surface area (Å²) in [5.41, 5.74) is 0. The van der Waals surface area contributed by atoms with Crippen LogP contribution < -0.4 is 0 Å². The molecular formula is C14H26N2O2. The number of piperidine rings is 1. The molecule has 1 saturated carbocycles. The standard InChI is InChI=1S/C14H26N2O2/c1-3-15(12-7-8-12)14(18)9-16-11(2)5-4-6-13(16)10-17/h11-13,17H,3-10H2,1-2H3. The maximum absolute atomic E-state index is 12.3. The Morgan fingerprint density at radius 2 is 2.06 bits per heavy atom. The predicted octanol–water partition coefficient (Wildman–Crippen LogP) is 1.23. The highest BCUT2D eigenvalue weighted by molar-refractivity contribution is 5.79. The molecule has 2 fully saturated rings. The number of hydrogen-bond donors (Lipinski definition) is 1. The van der Waals surface area contributed by atoms with E-state index in [1.54, 1.807) is 0 Å². The first-order valence-electron chi connectivity index (χ1n) is 7.33. The average molecular weight is 254 g/mol. The third kappa shape index (κ3) is 3.04. The van der Waals surface area contributed by atoms with E-state index in [1.165, 1.54) is 12.8 Å². The first-order valence-corrected chi connectivity index (χ1v) is 7.33. The third-order valence-electron chi connectivity index (χ3n) is 4.37. The van der Waals surface area contributed by atoms with Gasteiger partial charge in [0, 0.05) is 24.7 Å². The molecule has 1 N–H and O–H groups in total. The van der Waals surface area contributed by atoms with Crippen molar-refractivity contribution in [2.24, 2.45) is 0 Å². The van der Waals surface area contributed by atoms with Crippen molar-refractivity contribution in [2.45, 2.75) is 64.1 Å². The molecule has 2 atom stereocenters. The van der Waals surface area contributed by atoms with Gasteiger partial charge in [-0.1, -0.05) is 6.42 Å². The van der Waals surface area contributed by atoms with Crippen LogP contribution in [-0.2, 0) is 4.79 Å². The highest BCUT2D eigenvalue weighted by Gasteiger charge is 2.34. The number of likely N-dealkylation sites (N-methyl/N-ethyl adjacent to an activating group) is 1. The Morgan fingerprint density at radius 1 is 1.33 bits per heavy atom. The number of amides is 1. The lowest BCUT2D eigenvalue weighted by molar-refractivity contribution is -0.135. The molecule has 1 heterocycles. The summed E-state index contributed by atoms with van der Waals surface area (Å²) in [7, 11) is 0. The minimum Gasteiger partial charge on any atom is -0.395 e. The van der Waals surface area contributed by atoms with Gasteiger partial charge in [0.05, 0.1) is 13.2 Å². The van der Waals surface area contributed by atoms with Crippen LogP contribution >= 0.6 is 0 Å². The maximum atomic E-state index is 12.3. The van der Waals surface area contributed by atoms with Crippen molar-refractivity contribution in [3.8, 4) is 0 Å². The second-order valence-electron chi connectivity index (χ2n) is 5.70. The molecule has 2 aliphatic rings. The van der Waals surface area contributed by atoms with E-state index in [1.807, 2.05) is 4.90 Å². The number of aliphatic hydroxyl groups excluding tert-OH is 1. The van der Waals surface area contributed by atoms with Crippen molar-refractivity contribution < 1.29 is 9.90 Å². The van der Waals surface area contributed by atoms with E-state index in [0.29, 0.717) is 18.6 Å². The van der Waals surface area contributed by atoms with Crippen molar-refractivity contribution >= 4 is 5.91 Å². The minimum atomic E-state index is 0.174. The summed E-state index contributed by atoms with van der Waals surface area (Å²) in [6, 6.07) is 1.09. The lowest BCUT2D eigenvalue weighted by Crippen LogP contribution is -2.52. The van der Waals surface area contributed by atoms with E-state index >= 15 is 0 Å². The molecule has 18 heavy (non-hydrogen) atoms.